The van der Waals surface area contributed by atoms with E-state index < -0.39 is 0 Å². The van der Waals surface area contributed by atoms with E-state index in [-0.39, 0.29) is 17.8 Å². The zero-order valence-electron chi connectivity index (χ0n) is 17.2. The lowest BCUT2D eigenvalue weighted by Crippen LogP contribution is -2.33. The SMILES string of the molecule is Cn1nc(-c2ccc(F)cc2)cc1C(=O)Nc1cnn(CC2COc3ccccc3O2)c1. The molecule has 0 spiro atoms. The molecular weight excluding hydrogens is 413 g/mol. The minimum Gasteiger partial charge on any atom is -0.486 e. The Morgan fingerprint density at radius 1 is 1.19 bits per heavy atom. The van der Waals surface area contributed by atoms with Crippen LogP contribution >= 0.6 is 0 Å². The highest BCUT2D eigenvalue weighted by Gasteiger charge is 2.22. The Morgan fingerprint density at radius 3 is 2.78 bits per heavy atom. The number of para-hydroxylation sites is 2. The number of nitrogens with zero attached hydrogens (tertiary/aromatic N) is 4. The molecule has 2 aromatic carbocycles. The van der Waals surface area contributed by atoms with E-state index in [9.17, 15) is 9.18 Å². The number of carbonyl (C=O) groups excluding carboxylic acids is 1. The predicted molar refractivity (Wildman–Crippen MR) is 115 cm³/mol. The van der Waals surface area contributed by atoms with Crippen LogP contribution in [0.25, 0.3) is 11.3 Å². The second-order valence-electron chi connectivity index (χ2n) is 7.45. The van der Waals surface area contributed by atoms with Crippen LogP contribution < -0.4 is 14.8 Å². The van der Waals surface area contributed by atoms with E-state index in [4.69, 9.17) is 9.47 Å². The van der Waals surface area contributed by atoms with Crippen LogP contribution in [0.15, 0.2) is 67.0 Å². The highest BCUT2D eigenvalue weighted by molar-refractivity contribution is 6.03. The minimum absolute atomic E-state index is 0.191. The number of aryl methyl sites for hydroxylation is 1. The van der Waals surface area contributed by atoms with Crippen LogP contribution in [0.4, 0.5) is 10.1 Å². The molecule has 3 heterocycles. The van der Waals surface area contributed by atoms with Crippen LogP contribution in [-0.4, -0.2) is 38.2 Å². The average Bonchev–Trinajstić information content (AvgIpc) is 3.40. The molecule has 1 amide bonds. The number of rotatable bonds is 5. The first-order valence-corrected chi connectivity index (χ1v) is 10.1. The number of halogens is 1. The monoisotopic (exact) mass is 433 g/mol. The minimum atomic E-state index is -0.325. The first-order valence-electron chi connectivity index (χ1n) is 10.1. The number of amides is 1. The number of benzene rings is 2. The molecule has 0 radical (unpaired) electrons. The van der Waals surface area contributed by atoms with Crippen molar-refractivity contribution >= 4 is 11.6 Å². The summed E-state index contributed by atoms with van der Waals surface area (Å²) in [4.78, 5) is 12.8. The van der Waals surface area contributed by atoms with Crippen molar-refractivity contribution < 1.29 is 18.7 Å². The number of carbonyl (C=O) groups is 1. The van der Waals surface area contributed by atoms with Crippen LogP contribution in [0.1, 0.15) is 10.5 Å². The quantitative estimate of drug-likeness (QED) is 0.521. The Morgan fingerprint density at radius 2 is 1.97 bits per heavy atom. The van der Waals surface area contributed by atoms with Gasteiger partial charge in [0.05, 0.1) is 24.1 Å². The molecule has 1 aliphatic heterocycles. The van der Waals surface area contributed by atoms with Crippen LogP contribution in [0.3, 0.4) is 0 Å². The fourth-order valence-electron chi connectivity index (χ4n) is 3.53. The maximum Gasteiger partial charge on any atom is 0.274 e. The van der Waals surface area contributed by atoms with Crippen LogP contribution in [0.2, 0.25) is 0 Å². The highest BCUT2D eigenvalue weighted by atomic mass is 19.1. The Balaban J connectivity index is 1.24. The number of anilines is 1. The topological polar surface area (TPSA) is 83.2 Å². The number of hydrogen-bond donors (Lipinski definition) is 1. The molecule has 1 aliphatic rings. The summed E-state index contributed by atoms with van der Waals surface area (Å²) in [5.74, 6) is 0.791. The van der Waals surface area contributed by atoms with Crippen molar-refractivity contribution in [2.24, 2.45) is 7.05 Å². The van der Waals surface area contributed by atoms with Crippen molar-refractivity contribution in [3.05, 3.63) is 78.5 Å². The lowest BCUT2D eigenvalue weighted by molar-refractivity contribution is 0.0759. The molecule has 1 atom stereocenters. The van der Waals surface area contributed by atoms with Crippen molar-refractivity contribution in [2.75, 3.05) is 11.9 Å². The highest BCUT2D eigenvalue weighted by Crippen LogP contribution is 2.31. The summed E-state index contributed by atoms with van der Waals surface area (Å²) in [6.45, 7) is 0.893. The zero-order valence-corrected chi connectivity index (χ0v) is 17.2. The van der Waals surface area contributed by atoms with Gasteiger partial charge >= 0.3 is 0 Å². The Kier molecular flexibility index (Phi) is 5.06. The van der Waals surface area contributed by atoms with Gasteiger partial charge in [-0.2, -0.15) is 10.2 Å². The van der Waals surface area contributed by atoms with Gasteiger partial charge in [-0.3, -0.25) is 14.2 Å². The van der Waals surface area contributed by atoms with Gasteiger partial charge < -0.3 is 14.8 Å². The number of hydrogen-bond acceptors (Lipinski definition) is 5. The fourth-order valence-corrected chi connectivity index (χ4v) is 3.53. The van der Waals surface area contributed by atoms with Crippen molar-refractivity contribution in [1.82, 2.24) is 19.6 Å². The molecule has 32 heavy (non-hydrogen) atoms. The van der Waals surface area contributed by atoms with Gasteiger partial charge in [0.25, 0.3) is 5.91 Å². The predicted octanol–water partition coefficient (Wildman–Crippen LogP) is 3.52. The Bertz CT molecular complexity index is 1260. The molecule has 9 heteroatoms. The summed E-state index contributed by atoms with van der Waals surface area (Å²) in [5.41, 5.74) is 2.24. The van der Waals surface area contributed by atoms with E-state index in [1.54, 1.807) is 42.3 Å². The van der Waals surface area contributed by atoms with Gasteiger partial charge in [-0.1, -0.05) is 12.1 Å². The number of nitrogens with one attached hydrogen (secondary N) is 1. The Labute approximate surface area is 183 Å². The third kappa shape index (κ3) is 4.04. The summed E-state index contributed by atoms with van der Waals surface area (Å²) >= 11 is 0. The molecular formula is C23H20FN5O3. The molecule has 0 bridgehead atoms. The van der Waals surface area contributed by atoms with E-state index in [1.165, 1.54) is 16.8 Å². The van der Waals surface area contributed by atoms with Crippen molar-refractivity contribution in [3.63, 3.8) is 0 Å². The summed E-state index contributed by atoms with van der Waals surface area (Å²) < 4.78 is 28.0. The molecule has 1 N–H and O–H groups in total. The Hall–Kier alpha value is -4.14. The molecule has 0 aliphatic carbocycles. The third-order valence-electron chi connectivity index (χ3n) is 5.10. The lowest BCUT2D eigenvalue weighted by atomic mass is 10.1. The van der Waals surface area contributed by atoms with Gasteiger partial charge in [0.15, 0.2) is 17.6 Å². The second-order valence-corrected chi connectivity index (χ2v) is 7.45. The number of fused-ring (bicyclic) bond motifs is 1. The van der Waals surface area contributed by atoms with E-state index in [1.807, 2.05) is 24.3 Å². The second kappa shape index (κ2) is 8.18. The summed E-state index contributed by atoms with van der Waals surface area (Å²) in [6.07, 6.45) is 3.12. The number of aromatic nitrogens is 4. The molecule has 0 saturated heterocycles. The third-order valence-corrected chi connectivity index (χ3v) is 5.10. The van der Waals surface area contributed by atoms with Crippen molar-refractivity contribution in [1.29, 1.82) is 0 Å². The summed E-state index contributed by atoms with van der Waals surface area (Å²) in [7, 11) is 1.68. The van der Waals surface area contributed by atoms with E-state index in [0.29, 0.717) is 36.0 Å². The molecule has 8 nitrogen and oxygen atoms in total. The van der Waals surface area contributed by atoms with Crippen LogP contribution in [0, 0.1) is 5.82 Å². The molecule has 2 aromatic heterocycles. The maximum atomic E-state index is 13.2. The first-order chi connectivity index (χ1) is 15.5. The maximum absolute atomic E-state index is 13.2. The molecule has 162 valence electrons. The van der Waals surface area contributed by atoms with Gasteiger partial charge in [0.2, 0.25) is 0 Å². The molecule has 5 rings (SSSR count). The van der Waals surface area contributed by atoms with Gasteiger partial charge in [-0.05, 0) is 42.5 Å². The number of ether oxygens (including phenoxy) is 2. The van der Waals surface area contributed by atoms with Crippen molar-refractivity contribution in [3.8, 4) is 22.8 Å². The van der Waals surface area contributed by atoms with E-state index in [0.717, 1.165) is 11.3 Å². The molecule has 0 saturated carbocycles. The normalized spacial score (nSPS) is 14.9. The van der Waals surface area contributed by atoms with E-state index >= 15 is 0 Å². The molecule has 0 fully saturated rings. The lowest BCUT2D eigenvalue weighted by Gasteiger charge is -2.26. The van der Waals surface area contributed by atoms with Crippen LogP contribution in [-0.2, 0) is 13.6 Å². The van der Waals surface area contributed by atoms with Crippen LogP contribution in [0.5, 0.6) is 11.5 Å². The van der Waals surface area contributed by atoms with Gasteiger partial charge in [-0.25, -0.2) is 4.39 Å². The summed E-state index contributed by atoms with van der Waals surface area (Å²) in [6, 6.07) is 15.2. The largest absolute Gasteiger partial charge is 0.486 e. The van der Waals surface area contributed by atoms with Gasteiger partial charge in [-0.15, -0.1) is 0 Å². The first kappa shape index (κ1) is 19.8. The van der Waals surface area contributed by atoms with Gasteiger partial charge in [0, 0.05) is 18.8 Å². The molecule has 1 unspecified atom stereocenters. The smallest absolute Gasteiger partial charge is 0.274 e. The standard InChI is InChI=1S/C23H20FN5O3/c1-28-20(10-19(27-28)15-6-8-16(24)9-7-15)23(30)26-17-11-25-29(12-17)13-18-14-31-21-4-2-3-5-22(21)32-18/h2-12,18H,13-14H2,1H3,(H,26,30). The van der Waals surface area contributed by atoms with E-state index in [2.05, 4.69) is 15.5 Å². The van der Waals surface area contributed by atoms with Crippen molar-refractivity contribution in [2.45, 2.75) is 12.6 Å². The fraction of sp³-hybridized carbons (Fsp3) is 0.174. The average molecular weight is 433 g/mol. The zero-order chi connectivity index (χ0) is 22.1. The summed E-state index contributed by atoms with van der Waals surface area (Å²) in [5, 5.41) is 11.5. The molecule has 4 aromatic rings. The van der Waals surface area contributed by atoms with Gasteiger partial charge in [0.1, 0.15) is 18.1 Å².